The largest absolute Gasteiger partial charge is 0.394 e. The molecule has 0 fully saturated rings. The second-order valence-electron chi connectivity index (χ2n) is 7.33. The number of amides is 1. The van der Waals surface area contributed by atoms with Crippen molar-refractivity contribution in [2.75, 3.05) is 6.61 Å². The fourth-order valence-electron chi connectivity index (χ4n) is 4.77. The van der Waals surface area contributed by atoms with Gasteiger partial charge in [0.05, 0.1) is 12.6 Å². The van der Waals surface area contributed by atoms with E-state index in [0.29, 0.717) is 0 Å². The van der Waals surface area contributed by atoms with Gasteiger partial charge in [-0.3, -0.25) is 4.79 Å². The van der Waals surface area contributed by atoms with Gasteiger partial charge in [-0.1, -0.05) is 91.0 Å². The molecule has 1 aliphatic rings. The lowest BCUT2D eigenvalue weighted by Crippen LogP contribution is -2.55. The number of hydrogen-bond donors (Lipinski definition) is 1. The number of carbonyl (C=O) groups excluding carboxylic acids is 1. The molecular weight excluding hydrogens is 358 g/mol. The third-order valence-corrected chi connectivity index (χ3v) is 5.75. The number of hydrogen-bond acceptors (Lipinski definition) is 2. The third-order valence-electron chi connectivity index (χ3n) is 5.75. The van der Waals surface area contributed by atoms with Gasteiger partial charge in [-0.2, -0.15) is 0 Å². The van der Waals surface area contributed by atoms with Gasteiger partial charge >= 0.3 is 0 Å². The van der Waals surface area contributed by atoms with Crippen LogP contribution in [-0.4, -0.2) is 28.6 Å². The fourth-order valence-corrected chi connectivity index (χ4v) is 4.77. The molecule has 0 saturated heterocycles. The van der Waals surface area contributed by atoms with Crippen LogP contribution in [0.1, 0.15) is 30.5 Å². The Morgan fingerprint density at radius 1 is 0.931 bits per heavy atom. The molecule has 146 valence electrons. The minimum atomic E-state index is -0.812. The monoisotopic (exact) mass is 383 g/mol. The molecule has 3 heteroatoms. The first-order valence-corrected chi connectivity index (χ1v) is 9.94. The van der Waals surface area contributed by atoms with Crippen molar-refractivity contribution in [2.45, 2.75) is 25.4 Å². The number of aliphatic hydroxyl groups excluding tert-OH is 1. The molecule has 0 bridgehead atoms. The van der Waals surface area contributed by atoms with Crippen LogP contribution >= 0.6 is 0 Å². The Kier molecular flexibility index (Phi) is 5.08. The van der Waals surface area contributed by atoms with Crippen molar-refractivity contribution >= 4 is 5.91 Å². The highest BCUT2D eigenvalue weighted by molar-refractivity contribution is 5.87. The SMILES string of the molecule is C/C=C/C(CO)N(C(C)=O)C1(c2ccccc2)c2ccccc2-c2ccccc21. The molecule has 1 unspecified atom stereocenters. The Hall–Kier alpha value is -3.17. The second kappa shape index (κ2) is 7.69. The molecular formula is C26H25NO2. The van der Waals surface area contributed by atoms with Crippen molar-refractivity contribution in [3.8, 4) is 11.1 Å². The number of nitrogens with zero attached hydrogens (tertiary/aromatic N) is 1. The summed E-state index contributed by atoms with van der Waals surface area (Å²) in [6, 6.07) is 26.2. The van der Waals surface area contributed by atoms with E-state index < -0.39 is 11.6 Å². The molecule has 3 aromatic rings. The van der Waals surface area contributed by atoms with Gasteiger partial charge in [-0.25, -0.2) is 0 Å². The van der Waals surface area contributed by atoms with Crippen LogP contribution < -0.4 is 0 Å². The zero-order valence-electron chi connectivity index (χ0n) is 16.7. The van der Waals surface area contributed by atoms with Crippen LogP contribution in [0.4, 0.5) is 0 Å². The van der Waals surface area contributed by atoms with Crippen molar-refractivity contribution in [2.24, 2.45) is 0 Å². The number of allylic oxidation sites excluding steroid dienone is 1. The van der Waals surface area contributed by atoms with E-state index in [1.165, 1.54) is 0 Å². The predicted octanol–water partition coefficient (Wildman–Crippen LogP) is 4.74. The number of fused-ring (bicyclic) bond motifs is 3. The average Bonchev–Trinajstić information content (AvgIpc) is 3.05. The Morgan fingerprint density at radius 2 is 1.45 bits per heavy atom. The van der Waals surface area contributed by atoms with Gasteiger partial charge in [-0.05, 0) is 34.7 Å². The molecule has 0 spiro atoms. The molecule has 1 amide bonds. The van der Waals surface area contributed by atoms with Gasteiger partial charge < -0.3 is 10.0 Å². The lowest BCUT2D eigenvalue weighted by Gasteiger charge is -2.46. The van der Waals surface area contributed by atoms with Crippen molar-refractivity contribution in [3.63, 3.8) is 0 Å². The first-order valence-electron chi connectivity index (χ1n) is 9.94. The minimum absolute atomic E-state index is 0.0856. The molecule has 1 N–H and O–H groups in total. The molecule has 29 heavy (non-hydrogen) atoms. The van der Waals surface area contributed by atoms with Gasteiger partial charge in [0.2, 0.25) is 5.91 Å². The number of benzene rings is 3. The van der Waals surface area contributed by atoms with Crippen LogP contribution in [0.2, 0.25) is 0 Å². The lowest BCUT2D eigenvalue weighted by molar-refractivity contribution is -0.135. The highest BCUT2D eigenvalue weighted by Crippen LogP contribution is 2.54. The van der Waals surface area contributed by atoms with Gasteiger partial charge in [-0.15, -0.1) is 0 Å². The first-order chi connectivity index (χ1) is 14.2. The summed E-state index contributed by atoms with van der Waals surface area (Å²) in [6.45, 7) is 3.34. The van der Waals surface area contributed by atoms with Gasteiger partial charge in [0.25, 0.3) is 0 Å². The van der Waals surface area contributed by atoms with E-state index in [2.05, 4.69) is 36.4 Å². The van der Waals surface area contributed by atoms with Gasteiger partial charge in [0, 0.05) is 6.92 Å². The summed E-state index contributed by atoms with van der Waals surface area (Å²) < 4.78 is 0. The Bertz CT molecular complexity index is 1010. The maximum absolute atomic E-state index is 13.2. The Morgan fingerprint density at radius 3 is 1.93 bits per heavy atom. The van der Waals surface area contributed by atoms with E-state index in [9.17, 15) is 9.90 Å². The van der Waals surface area contributed by atoms with Crippen molar-refractivity contribution in [3.05, 3.63) is 108 Å². The smallest absolute Gasteiger partial charge is 0.221 e. The summed E-state index contributed by atoms with van der Waals surface area (Å²) in [4.78, 5) is 15.0. The molecule has 1 aliphatic carbocycles. The summed E-state index contributed by atoms with van der Waals surface area (Å²) >= 11 is 0. The molecule has 0 heterocycles. The van der Waals surface area contributed by atoms with Gasteiger partial charge in [0.15, 0.2) is 0 Å². The molecule has 3 aromatic carbocycles. The maximum Gasteiger partial charge on any atom is 0.221 e. The molecule has 0 saturated carbocycles. The number of carbonyl (C=O) groups is 1. The molecule has 0 radical (unpaired) electrons. The standard InChI is InChI=1S/C26H25NO2/c1-3-11-21(18-28)27(19(2)29)26(20-12-5-4-6-13-20)24-16-9-7-14-22(24)23-15-8-10-17-25(23)26/h3-17,21,28H,18H2,1-2H3/b11-3+. The van der Waals surface area contributed by atoms with Crippen LogP contribution in [0.3, 0.4) is 0 Å². The van der Waals surface area contributed by atoms with Crippen molar-refractivity contribution in [1.29, 1.82) is 0 Å². The minimum Gasteiger partial charge on any atom is -0.394 e. The Labute approximate surface area is 171 Å². The summed E-state index contributed by atoms with van der Waals surface area (Å²) in [5.74, 6) is -0.0856. The first kappa shape index (κ1) is 19.2. The summed E-state index contributed by atoms with van der Waals surface area (Å²) in [6.07, 6.45) is 3.79. The van der Waals surface area contributed by atoms with Crippen LogP contribution in [0.5, 0.6) is 0 Å². The maximum atomic E-state index is 13.2. The lowest BCUT2D eigenvalue weighted by atomic mass is 9.78. The highest BCUT2D eigenvalue weighted by atomic mass is 16.3. The zero-order chi connectivity index (χ0) is 20.4. The summed E-state index contributed by atoms with van der Waals surface area (Å²) in [5.41, 5.74) is 4.56. The summed E-state index contributed by atoms with van der Waals surface area (Å²) in [7, 11) is 0. The van der Waals surface area contributed by atoms with E-state index in [-0.39, 0.29) is 12.5 Å². The number of rotatable bonds is 5. The topological polar surface area (TPSA) is 40.5 Å². The zero-order valence-corrected chi connectivity index (χ0v) is 16.7. The van der Waals surface area contributed by atoms with E-state index in [1.54, 1.807) is 6.92 Å². The van der Waals surface area contributed by atoms with Crippen LogP contribution in [0.25, 0.3) is 11.1 Å². The fraction of sp³-hybridized carbons (Fsp3) is 0.192. The van der Waals surface area contributed by atoms with E-state index in [4.69, 9.17) is 0 Å². The van der Waals surface area contributed by atoms with E-state index >= 15 is 0 Å². The molecule has 0 aliphatic heterocycles. The third kappa shape index (κ3) is 2.81. The van der Waals surface area contributed by atoms with Crippen molar-refractivity contribution in [1.82, 2.24) is 4.90 Å². The van der Waals surface area contributed by atoms with Crippen molar-refractivity contribution < 1.29 is 9.90 Å². The molecule has 1 atom stereocenters. The average molecular weight is 383 g/mol. The number of aliphatic hydroxyl groups is 1. The molecule has 0 aromatic heterocycles. The molecule has 3 nitrogen and oxygen atoms in total. The predicted molar refractivity (Wildman–Crippen MR) is 116 cm³/mol. The van der Waals surface area contributed by atoms with Crippen LogP contribution in [0.15, 0.2) is 91.0 Å². The van der Waals surface area contributed by atoms with E-state index in [0.717, 1.165) is 27.8 Å². The van der Waals surface area contributed by atoms with Gasteiger partial charge in [0.1, 0.15) is 5.54 Å². The Balaban J connectivity index is 2.16. The summed E-state index contributed by atoms with van der Waals surface area (Å²) in [5, 5.41) is 10.2. The van der Waals surface area contributed by atoms with Crippen LogP contribution in [-0.2, 0) is 10.3 Å². The van der Waals surface area contributed by atoms with E-state index in [1.807, 2.05) is 66.4 Å². The van der Waals surface area contributed by atoms with Crippen LogP contribution in [0, 0.1) is 0 Å². The highest BCUT2D eigenvalue weighted by Gasteiger charge is 2.51. The second-order valence-corrected chi connectivity index (χ2v) is 7.33. The quantitative estimate of drug-likeness (QED) is 0.646. The molecule has 4 rings (SSSR count). The normalized spacial score (nSPS) is 15.0.